The van der Waals surface area contributed by atoms with Crippen molar-refractivity contribution in [2.75, 3.05) is 25.1 Å². The van der Waals surface area contributed by atoms with Crippen LogP contribution in [-0.4, -0.2) is 47.2 Å². The van der Waals surface area contributed by atoms with Crippen LogP contribution in [0.2, 0.25) is 0 Å². The van der Waals surface area contributed by atoms with Gasteiger partial charge in [0.15, 0.2) is 11.5 Å². The summed E-state index contributed by atoms with van der Waals surface area (Å²) in [5.41, 5.74) is 8.67. The van der Waals surface area contributed by atoms with E-state index in [-0.39, 0.29) is 29.4 Å². The fourth-order valence-corrected chi connectivity index (χ4v) is 3.99. The summed E-state index contributed by atoms with van der Waals surface area (Å²) in [6.07, 6.45) is 4.39. The van der Waals surface area contributed by atoms with Crippen molar-refractivity contribution in [3.05, 3.63) is 71.5 Å². The lowest BCUT2D eigenvalue weighted by Crippen LogP contribution is -2.37. The van der Waals surface area contributed by atoms with Crippen molar-refractivity contribution in [2.24, 2.45) is 0 Å². The maximum absolute atomic E-state index is 12.7. The lowest BCUT2D eigenvalue weighted by Gasteiger charge is -2.12. The number of carbonyl (C=O) groups is 2. The molecule has 2 aromatic carbocycles. The number of amides is 2. The third kappa shape index (κ3) is 5.68. The zero-order chi connectivity index (χ0) is 23.2. The molecule has 1 fully saturated rings. The molecule has 0 bridgehead atoms. The number of nitrogens with zero attached hydrogens (tertiary/aromatic N) is 2. The van der Waals surface area contributed by atoms with Gasteiger partial charge in [-0.15, -0.1) is 11.8 Å². The van der Waals surface area contributed by atoms with Crippen LogP contribution in [0.15, 0.2) is 59.6 Å². The summed E-state index contributed by atoms with van der Waals surface area (Å²) in [5, 5.41) is 9.08. The number of carbonyl (C=O) groups excluding carboxylic acids is 2. The Labute approximate surface area is 196 Å². The molecule has 5 N–H and O–H groups in total. The number of hydrogen-bond acceptors (Lipinski definition) is 7. The highest BCUT2D eigenvalue weighted by Crippen LogP contribution is 2.20. The van der Waals surface area contributed by atoms with Gasteiger partial charge in [0.05, 0.1) is 11.9 Å². The van der Waals surface area contributed by atoms with Gasteiger partial charge in [-0.2, -0.15) is 0 Å². The van der Waals surface area contributed by atoms with E-state index in [0.717, 1.165) is 25.1 Å². The maximum atomic E-state index is 12.7. The van der Waals surface area contributed by atoms with Crippen molar-refractivity contribution in [1.29, 1.82) is 0 Å². The van der Waals surface area contributed by atoms with Crippen molar-refractivity contribution in [2.45, 2.75) is 23.9 Å². The number of nitrogens with one attached hydrogen (secondary N) is 3. The van der Waals surface area contributed by atoms with Gasteiger partial charge in [-0.25, -0.2) is 9.97 Å². The third-order valence-corrected chi connectivity index (χ3v) is 6.19. The van der Waals surface area contributed by atoms with E-state index in [2.05, 4.69) is 25.9 Å². The first-order valence-electron chi connectivity index (χ1n) is 10.7. The summed E-state index contributed by atoms with van der Waals surface area (Å²) >= 11 is 1.68. The predicted octanol–water partition coefficient (Wildman–Crippen LogP) is 2.47. The zero-order valence-corrected chi connectivity index (χ0v) is 19.1. The summed E-state index contributed by atoms with van der Waals surface area (Å²) in [6, 6.07) is 15.2. The van der Waals surface area contributed by atoms with Crippen LogP contribution in [0, 0.1) is 0 Å². The van der Waals surface area contributed by atoms with Crippen LogP contribution >= 0.6 is 11.8 Å². The molecule has 33 heavy (non-hydrogen) atoms. The van der Waals surface area contributed by atoms with Crippen LogP contribution in [0.5, 0.6) is 0 Å². The van der Waals surface area contributed by atoms with Crippen molar-refractivity contribution in [3.63, 3.8) is 0 Å². The van der Waals surface area contributed by atoms with E-state index < -0.39 is 0 Å². The molecule has 9 heteroatoms. The Bertz CT molecular complexity index is 1150. The topological polar surface area (TPSA) is 122 Å². The monoisotopic (exact) mass is 462 g/mol. The lowest BCUT2D eigenvalue weighted by molar-refractivity contribution is 0.0932. The van der Waals surface area contributed by atoms with E-state index in [1.807, 2.05) is 36.6 Å². The molecule has 1 atom stereocenters. The molecule has 0 spiro atoms. The second kappa shape index (κ2) is 10.5. The number of rotatable bonds is 7. The number of benzene rings is 2. The fraction of sp³-hybridized carbons (Fsp3) is 0.250. The Balaban J connectivity index is 1.47. The van der Waals surface area contributed by atoms with Gasteiger partial charge < -0.3 is 21.7 Å². The van der Waals surface area contributed by atoms with Gasteiger partial charge in [0.1, 0.15) is 0 Å². The minimum Gasteiger partial charge on any atom is -0.382 e. The lowest BCUT2D eigenvalue weighted by atomic mass is 10.1. The molecule has 0 aliphatic carbocycles. The minimum absolute atomic E-state index is 0.0475. The van der Waals surface area contributed by atoms with Crippen LogP contribution in [0.25, 0.3) is 11.3 Å². The highest BCUT2D eigenvalue weighted by atomic mass is 32.2. The number of thioether (sulfide) groups is 1. The van der Waals surface area contributed by atoms with E-state index >= 15 is 0 Å². The highest BCUT2D eigenvalue weighted by Gasteiger charge is 2.21. The summed E-state index contributed by atoms with van der Waals surface area (Å²) in [4.78, 5) is 35.1. The third-order valence-electron chi connectivity index (χ3n) is 5.44. The van der Waals surface area contributed by atoms with Crippen LogP contribution in [0.3, 0.4) is 0 Å². The van der Waals surface area contributed by atoms with Crippen molar-refractivity contribution >= 4 is 29.4 Å². The molecule has 2 heterocycles. The SMILES string of the molecule is CSc1ccc(CNC(=O)c2cccc(-c3cnc(N)c(C(=O)N[C@H]4CCNC4)n3)c2)cc1. The van der Waals surface area contributed by atoms with Crippen LogP contribution in [0.1, 0.15) is 32.8 Å². The predicted molar refractivity (Wildman–Crippen MR) is 130 cm³/mol. The van der Waals surface area contributed by atoms with Gasteiger partial charge in [0.2, 0.25) is 0 Å². The molecule has 1 aliphatic rings. The molecule has 0 saturated carbocycles. The largest absolute Gasteiger partial charge is 0.382 e. The molecule has 8 nitrogen and oxygen atoms in total. The Morgan fingerprint density at radius 2 is 2.00 bits per heavy atom. The number of nitrogens with two attached hydrogens (primary N) is 1. The van der Waals surface area contributed by atoms with Crippen molar-refractivity contribution in [1.82, 2.24) is 25.9 Å². The smallest absolute Gasteiger partial charge is 0.274 e. The number of hydrogen-bond donors (Lipinski definition) is 4. The Kier molecular flexibility index (Phi) is 7.21. The quantitative estimate of drug-likeness (QED) is 0.398. The summed E-state index contributed by atoms with van der Waals surface area (Å²) in [5.74, 6) is -0.471. The van der Waals surface area contributed by atoms with Crippen LogP contribution < -0.4 is 21.7 Å². The van der Waals surface area contributed by atoms with Crippen molar-refractivity contribution < 1.29 is 9.59 Å². The van der Waals surface area contributed by atoms with Crippen LogP contribution in [-0.2, 0) is 6.54 Å². The highest BCUT2D eigenvalue weighted by molar-refractivity contribution is 7.98. The molecular weight excluding hydrogens is 436 g/mol. The minimum atomic E-state index is -0.350. The van der Waals surface area contributed by atoms with Gasteiger partial charge in [0, 0.05) is 35.2 Å². The van der Waals surface area contributed by atoms with Gasteiger partial charge in [-0.3, -0.25) is 9.59 Å². The Morgan fingerprint density at radius 3 is 2.73 bits per heavy atom. The molecule has 170 valence electrons. The summed E-state index contributed by atoms with van der Waals surface area (Å²) in [7, 11) is 0. The number of aromatic nitrogens is 2. The Morgan fingerprint density at radius 1 is 1.18 bits per heavy atom. The first-order chi connectivity index (χ1) is 16.0. The summed E-state index contributed by atoms with van der Waals surface area (Å²) in [6.45, 7) is 2.02. The second-order valence-electron chi connectivity index (χ2n) is 7.76. The van der Waals surface area contributed by atoms with E-state index in [1.165, 1.54) is 11.1 Å². The van der Waals surface area contributed by atoms with Gasteiger partial charge in [-0.05, 0) is 49.1 Å². The molecule has 2 amide bonds. The number of anilines is 1. The van der Waals surface area contributed by atoms with Crippen LogP contribution in [0.4, 0.5) is 5.82 Å². The summed E-state index contributed by atoms with van der Waals surface area (Å²) < 4.78 is 0. The van der Waals surface area contributed by atoms with E-state index in [0.29, 0.717) is 23.4 Å². The average Bonchev–Trinajstić information content (AvgIpc) is 3.36. The van der Waals surface area contributed by atoms with E-state index in [1.54, 1.807) is 30.0 Å². The van der Waals surface area contributed by atoms with Gasteiger partial charge >= 0.3 is 0 Å². The molecule has 4 rings (SSSR count). The molecule has 3 aromatic rings. The molecular formula is C24H26N6O2S. The molecule has 0 radical (unpaired) electrons. The second-order valence-corrected chi connectivity index (χ2v) is 8.64. The van der Waals surface area contributed by atoms with E-state index in [4.69, 9.17) is 5.73 Å². The first-order valence-corrected chi connectivity index (χ1v) is 11.9. The molecule has 1 aliphatic heterocycles. The average molecular weight is 463 g/mol. The number of nitrogen functional groups attached to an aromatic ring is 1. The fourth-order valence-electron chi connectivity index (χ4n) is 3.58. The molecule has 1 saturated heterocycles. The van der Waals surface area contributed by atoms with E-state index in [9.17, 15) is 9.59 Å². The zero-order valence-electron chi connectivity index (χ0n) is 18.3. The molecule has 0 unspecified atom stereocenters. The molecule has 1 aromatic heterocycles. The maximum Gasteiger partial charge on any atom is 0.274 e. The van der Waals surface area contributed by atoms with Crippen molar-refractivity contribution in [3.8, 4) is 11.3 Å². The standard InChI is InChI=1S/C24H26N6O2S/c1-33-19-7-5-15(6-8-19)12-28-23(31)17-4-2-3-16(11-17)20-14-27-22(25)21(30-20)24(32)29-18-9-10-26-13-18/h2-8,11,14,18,26H,9-10,12-13H2,1H3,(H2,25,27)(H,28,31)(H,29,32)/t18-/m0/s1. The van der Waals surface area contributed by atoms with Gasteiger partial charge in [-0.1, -0.05) is 24.3 Å². The van der Waals surface area contributed by atoms with Gasteiger partial charge in [0.25, 0.3) is 11.8 Å². The normalized spacial score (nSPS) is 15.2. The first kappa shape index (κ1) is 22.8. The Hall–Kier alpha value is -3.43.